The molecule has 0 spiro atoms. The zero-order valence-electron chi connectivity index (χ0n) is 10.5. The zero-order chi connectivity index (χ0) is 14.0. The van der Waals surface area contributed by atoms with Gasteiger partial charge in [0.15, 0.2) is 0 Å². The van der Waals surface area contributed by atoms with Crippen LogP contribution in [0.2, 0.25) is 0 Å². The Morgan fingerprint density at radius 2 is 1.95 bits per heavy atom. The van der Waals surface area contributed by atoms with E-state index in [1.807, 2.05) is 0 Å². The molecule has 0 aromatic heterocycles. The average Bonchev–Trinajstić information content (AvgIpc) is 2.39. The molecule has 1 fully saturated rings. The molecule has 1 aliphatic rings. The van der Waals surface area contributed by atoms with E-state index < -0.39 is 16.0 Å². The molecule has 1 saturated heterocycles. The van der Waals surface area contributed by atoms with E-state index in [9.17, 15) is 13.2 Å². The Morgan fingerprint density at radius 1 is 1.32 bits per heavy atom. The van der Waals surface area contributed by atoms with Gasteiger partial charge in [0.2, 0.25) is 10.0 Å². The van der Waals surface area contributed by atoms with Crippen LogP contribution >= 0.6 is 11.8 Å². The number of benzene rings is 1. The van der Waals surface area contributed by atoms with Gasteiger partial charge >= 0.3 is 5.97 Å². The maximum absolute atomic E-state index is 12.5. The smallest absolute Gasteiger partial charge is 0.335 e. The number of thioether (sulfide) groups is 1. The van der Waals surface area contributed by atoms with Crippen LogP contribution in [0.1, 0.15) is 15.9 Å². The standard InChI is InChI=1S/C12H15NO4S2/c1-9-10(12(14)15)3-2-4-11(9)19(16,17)13-5-7-18-8-6-13/h2-4H,5-8H2,1H3,(H,14,15). The molecule has 0 unspecified atom stereocenters. The van der Waals surface area contributed by atoms with Crippen LogP contribution in [-0.4, -0.2) is 48.4 Å². The van der Waals surface area contributed by atoms with Gasteiger partial charge in [-0.2, -0.15) is 16.1 Å². The molecule has 0 amide bonds. The second-order valence-electron chi connectivity index (χ2n) is 4.25. The third-order valence-corrected chi connectivity index (χ3v) is 6.09. The summed E-state index contributed by atoms with van der Waals surface area (Å²) >= 11 is 1.72. The lowest BCUT2D eigenvalue weighted by molar-refractivity contribution is 0.0696. The summed E-state index contributed by atoms with van der Waals surface area (Å²) in [7, 11) is -3.59. The summed E-state index contributed by atoms with van der Waals surface area (Å²) in [5.41, 5.74) is 0.334. The highest BCUT2D eigenvalue weighted by atomic mass is 32.2. The van der Waals surface area contributed by atoms with Gasteiger partial charge in [-0.3, -0.25) is 0 Å². The van der Waals surface area contributed by atoms with Gasteiger partial charge in [-0.15, -0.1) is 0 Å². The highest BCUT2D eigenvalue weighted by Crippen LogP contribution is 2.24. The van der Waals surface area contributed by atoms with Gasteiger partial charge in [-0.25, -0.2) is 13.2 Å². The third kappa shape index (κ3) is 2.77. The van der Waals surface area contributed by atoms with Crippen molar-refractivity contribution in [3.63, 3.8) is 0 Å². The van der Waals surface area contributed by atoms with Gasteiger partial charge in [-0.05, 0) is 24.6 Å². The highest BCUT2D eigenvalue weighted by Gasteiger charge is 2.28. The van der Waals surface area contributed by atoms with Crippen molar-refractivity contribution in [2.45, 2.75) is 11.8 Å². The number of sulfonamides is 1. The second kappa shape index (κ2) is 5.52. The first-order valence-corrected chi connectivity index (χ1v) is 8.45. The van der Waals surface area contributed by atoms with Crippen molar-refractivity contribution >= 4 is 27.8 Å². The van der Waals surface area contributed by atoms with E-state index in [0.717, 1.165) is 11.5 Å². The lowest BCUT2D eigenvalue weighted by atomic mass is 10.1. The normalized spacial score (nSPS) is 17.3. The largest absolute Gasteiger partial charge is 0.478 e. The Labute approximate surface area is 116 Å². The van der Waals surface area contributed by atoms with Crippen LogP contribution in [0.15, 0.2) is 23.1 Å². The number of hydrogen-bond acceptors (Lipinski definition) is 4. The van der Waals surface area contributed by atoms with Gasteiger partial charge in [0.25, 0.3) is 0 Å². The third-order valence-electron chi connectivity index (χ3n) is 3.10. The van der Waals surface area contributed by atoms with E-state index >= 15 is 0 Å². The van der Waals surface area contributed by atoms with Crippen molar-refractivity contribution in [2.24, 2.45) is 0 Å². The van der Waals surface area contributed by atoms with E-state index in [4.69, 9.17) is 5.11 Å². The molecule has 1 N–H and O–H groups in total. The lowest BCUT2D eigenvalue weighted by Crippen LogP contribution is -2.38. The molecule has 104 valence electrons. The topological polar surface area (TPSA) is 74.7 Å². The van der Waals surface area contributed by atoms with Crippen molar-refractivity contribution in [1.29, 1.82) is 0 Å². The molecule has 0 radical (unpaired) electrons. The molecular formula is C12H15NO4S2. The summed E-state index contributed by atoms with van der Waals surface area (Å²) in [4.78, 5) is 11.2. The van der Waals surface area contributed by atoms with E-state index in [2.05, 4.69) is 0 Å². The van der Waals surface area contributed by atoms with Crippen LogP contribution in [-0.2, 0) is 10.0 Å². The van der Waals surface area contributed by atoms with E-state index in [0.29, 0.717) is 18.7 Å². The minimum Gasteiger partial charge on any atom is -0.478 e. The van der Waals surface area contributed by atoms with Crippen LogP contribution in [0, 0.1) is 6.92 Å². The molecule has 0 bridgehead atoms. The van der Waals surface area contributed by atoms with Gasteiger partial charge < -0.3 is 5.11 Å². The van der Waals surface area contributed by atoms with Gasteiger partial charge in [0, 0.05) is 24.6 Å². The molecule has 2 rings (SSSR count). The quantitative estimate of drug-likeness (QED) is 0.914. The summed E-state index contributed by atoms with van der Waals surface area (Å²) < 4.78 is 26.4. The van der Waals surface area contributed by atoms with Crippen LogP contribution in [0.4, 0.5) is 0 Å². The summed E-state index contributed by atoms with van der Waals surface area (Å²) in [6, 6.07) is 4.36. The number of carboxylic acids is 1. The first kappa shape index (κ1) is 14.4. The molecule has 1 aromatic rings. The molecule has 7 heteroatoms. The number of carboxylic acid groups (broad SMARTS) is 1. The van der Waals surface area contributed by atoms with Crippen LogP contribution in [0.5, 0.6) is 0 Å². The van der Waals surface area contributed by atoms with Crippen molar-refractivity contribution in [2.75, 3.05) is 24.6 Å². The molecule has 0 atom stereocenters. The molecule has 0 aliphatic carbocycles. The number of rotatable bonds is 3. The first-order chi connectivity index (χ1) is 8.94. The number of carbonyl (C=O) groups is 1. The van der Waals surface area contributed by atoms with Gasteiger partial charge in [0.1, 0.15) is 0 Å². The highest BCUT2D eigenvalue weighted by molar-refractivity contribution is 7.99. The van der Waals surface area contributed by atoms with Crippen molar-refractivity contribution in [1.82, 2.24) is 4.31 Å². The van der Waals surface area contributed by atoms with Crippen molar-refractivity contribution in [3.8, 4) is 0 Å². The number of hydrogen-bond donors (Lipinski definition) is 1. The Balaban J connectivity index is 2.46. The molecular weight excluding hydrogens is 286 g/mol. The molecule has 1 aromatic carbocycles. The fraction of sp³-hybridized carbons (Fsp3) is 0.417. The summed E-state index contributed by atoms with van der Waals surface area (Å²) in [5.74, 6) is 0.442. The Kier molecular flexibility index (Phi) is 4.17. The fourth-order valence-electron chi connectivity index (χ4n) is 2.05. The molecule has 19 heavy (non-hydrogen) atoms. The number of aromatic carboxylic acids is 1. The fourth-order valence-corrected chi connectivity index (χ4v) is 4.87. The van der Waals surface area contributed by atoms with E-state index in [-0.39, 0.29) is 10.5 Å². The Bertz CT molecular complexity index is 592. The SMILES string of the molecule is Cc1c(C(=O)O)cccc1S(=O)(=O)N1CCSCC1. The maximum atomic E-state index is 12.5. The summed E-state index contributed by atoms with van der Waals surface area (Å²) in [6.07, 6.45) is 0. The number of nitrogens with zero attached hydrogens (tertiary/aromatic N) is 1. The van der Waals surface area contributed by atoms with Gasteiger partial charge in [0.05, 0.1) is 10.5 Å². The molecule has 0 saturated carbocycles. The Hall–Kier alpha value is -1.05. The summed E-state index contributed by atoms with van der Waals surface area (Å²) in [5, 5.41) is 9.05. The molecule has 1 aliphatic heterocycles. The van der Waals surface area contributed by atoms with E-state index in [1.165, 1.54) is 29.4 Å². The second-order valence-corrected chi connectivity index (χ2v) is 7.38. The van der Waals surface area contributed by atoms with Crippen LogP contribution in [0.3, 0.4) is 0 Å². The monoisotopic (exact) mass is 301 g/mol. The van der Waals surface area contributed by atoms with Crippen LogP contribution in [0.25, 0.3) is 0 Å². The van der Waals surface area contributed by atoms with Crippen LogP contribution < -0.4 is 0 Å². The maximum Gasteiger partial charge on any atom is 0.335 e. The van der Waals surface area contributed by atoms with E-state index in [1.54, 1.807) is 11.8 Å². The van der Waals surface area contributed by atoms with Crippen molar-refractivity contribution in [3.05, 3.63) is 29.3 Å². The minimum atomic E-state index is -3.59. The summed E-state index contributed by atoms with van der Waals surface area (Å²) in [6.45, 7) is 2.49. The average molecular weight is 301 g/mol. The molecule has 1 heterocycles. The minimum absolute atomic E-state index is 0.0347. The predicted molar refractivity (Wildman–Crippen MR) is 74.2 cm³/mol. The van der Waals surface area contributed by atoms with Gasteiger partial charge in [-0.1, -0.05) is 6.07 Å². The van der Waals surface area contributed by atoms with Crippen molar-refractivity contribution < 1.29 is 18.3 Å². The Morgan fingerprint density at radius 3 is 2.53 bits per heavy atom. The predicted octanol–water partition coefficient (Wildman–Crippen LogP) is 1.43. The molecule has 5 nitrogen and oxygen atoms in total. The first-order valence-electron chi connectivity index (χ1n) is 5.85. The zero-order valence-corrected chi connectivity index (χ0v) is 12.1. The lowest BCUT2D eigenvalue weighted by Gasteiger charge is -2.26.